The lowest BCUT2D eigenvalue weighted by atomic mass is 10.1. The van der Waals surface area contributed by atoms with Crippen molar-refractivity contribution in [2.75, 3.05) is 6.61 Å². The van der Waals surface area contributed by atoms with Crippen LogP contribution >= 0.6 is 0 Å². The fourth-order valence-electron chi connectivity index (χ4n) is 1.68. The van der Waals surface area contributed by atoms with Crippen molar-refractivity contribution in [3.63, 3.8) is 0 Å². The highest BCUT2D eigenvalue weighted by molar-refractivity contribution is 7.90. The van der Waals surface area contributed by atoms with E-state index in [0.717, 1.165) is 0 Å². The second kappa shape index (κ2) is 11.9. The molecule has 0 radical (unpaired) electrons. The molecule has 1 amide bonds. The average molecular weight is 397 g/mol. The van der Waals surface area contributed by atoms with Crippen LogP contribution in [-0.4, -0.2) is 36.4 Å². The SMILES string of the molecule is C=C/C=C(\C=C/CC(=O)NC(=C/C=C)/C(C)=C(/O)CO)NS(=O)(=O)C(C)C. The molecule has 0 spiro atoms. The van der Waals surface area contributed by atoms with E-state index in [4.69, 9.17) is 5.11 Å². The number of nitrogens with one attached hydrogen (secondary N) is 2. The number of carbonyl (C=O) groups is 1. The molecule has 27 heavy (non-hydrogen) atoms. The van der Waals surface area contributed by atoms with Crippen LogP contribution in [0.25, 0.3) is 0 Å². The smallest absolute Gasteiger partial charge is 0.235 e. The van der Waals surface area contributed by atoms with Gasteiger partial charge in [-0.3, -0.25) is 9.52 Å². The van der Waals surface area contributed by atoms with E-state index in [1.807, 2.05) is 0 Å². The Bertz CT molecular complexity index is 772. The minimum atomic E-state index is -3.52. The zero-order valence-electron chi connectivity index (χ0n) is 15.9. The maximum absolute atomic E-state index is 12.1. The van der Waals surface area contributed by atoms with Gasteiger partial charge in [-0.25, -0.2) is 8.42 Å². The summed E-state index contributed by atoms with van der Waals surface area (Å²) < 4.78 is 26.3. The maximum Gasteiger partial charge on any atom is 0.235 e. The summed E-state index contributed by atoms with van der Waals surface area (Å²) in [4.78, 5) is 12.1. The molecule has 150 valence electrons. The van der Waals surface area contributed by atoms with Crippen molar-refractivity contribution < 1.29 is 23.4 Å². The summed E-state index contributed by atoms with van der Waals surface area (Å²) in [5, 5.41) is 20.6. The van der Waals surface area contributed by atoms with Gasteiger partial charge in [-0.1, -0.05) is 31.4 Å². The minimum Gasteiger partial charge on any atom is -0.510 e. The third-order valence-electron chi connectivity index (χ3n) is 3.32. The Morgan fingerprint density at radius 2 is 1.78 bits per heavy atom. The number of allylic oxidation sites excluding steroid dienone is 6. The molecule has 0 aliphatic carbocycles. The molecule has 0 aliphatic heterocycles. The van der Waals surface area contributed by atoms with Crippen LogP contribution in [-0.2, 0) is 14.8 Å². The quantitative estimate of drug-likeness (QED) is 0.316. The Labute approximate surface area is 161 Å². The van der Waals surface area contributed by atoms with Crippen molar-refractivity contribution in [1.82, 2.24) is 10.0 Å². The molecule has 8 heteroatoms. The van der Waals surface area contributed by atoms with Crippen LogP contribution in [0.1, 0.15) is 27.2 Å². The van der Waals surface area contributed by atoms with Crippen LogP contribution < -0.4 is 10.0 Å². The van der Waals surface area contributed by atoms with E-state index in [2.05, 4.69) is 23.2 Å². The molecule has 0 aliphatic rings. The van der Waals surface area contributed by atoms with E-state index in [-0.39, 0.29) is 17.9 Å². The van der Waals surface area contributed by atoms with E-state index < -0.39 is 27.8 Å². The van der Waals surface area contributed by atoms with E-state index in [9.17, 15) is 18.3 Å². The van der Waals surface area contributed by atoms with Crippen LogP contribution in [0, 0.1) is 0 Å². The summed E-state index contributed by atoms with van der Waals surface area (Å²) in [6.45, 7) is 11.2. The molecule has 0 rings (SSSR count). The van der Waals surface area contributed by atoms with Crippen LogP contribution in [0.2, 0.25) is 0 Å². The van der Waals surface area contributed by atoms with Gasteiger partial charge < -0.3 is 15.5 Å². The van der Waals surface area contributed by atoms with Gasteiger partial charge >= 0.3 is 0 Å². The second-order valence-corrected chi connectivity index (χ2v) is 7.99. The standard InChI is InChI=1S/C19H28N2O5S/c1-6-9-16(21-27(25,26)14(3)4)11-8-12-19(24)20-17(10-7-2)15(5)18(23)13-22/h6-11,14,21-23H,1-2,12-13H2,3-5H3,(H,20,24)/b11-8-,16-9+,17-10+,18-15+. The van der Waals surface area contributed by atoms with Crippen LogP contribution in [0.4, 0.5) is 0 Å². The van der Waals surface area contributed by atoms with Crippen molar-refractivity contribution in [2.45, 2.75) is 32.4 Å². The lowest BCUT2D eigenvalue weighted by Crippen LogP contribution is -2.29. The molecule has 7 nitrogen and oxygen atoms in total. The zero-order chi connectivity index (χ0) is 21.0. The number of rotatable bonds is 11. The molecule has 4 N–H and O–H groups in total. The van der Waals surface area contributed by atoms with Gasteiger partial charge in [-0.05, 0) is 39.0 Å². The fourth-order valence-corrected chi connectivity index (χ4v) is 2.38. The maximum atomic E-state index is 12.1. The van der Waals surface area contributed by atoms with Crippen molar-refractivity contribution >= 4 is 15.9 Å². The lowest BCUT2D eigenvalue weighted by Gasteiger charge is -2.12. The monoisotopic (exact) mass is 396 g/mol. The minimum absolute atomic E-state index is 0.0421. The first-order valence-electron chi connectivity index (χ1n) is 8.22. The summed E-state index contributed by atoms with van der Waals surface area (Å²) in [5.74, 6) is -0.660. The number of hydrogen-bond donors (Lipinski definition) is 4. The van der Waals surface area contributed by atoms with Gasteiger partial charge in [0.25, 0.3) is 0 Å². The van der Waals surface area contributed by atoms with Crippen LogP contribution in [0.3, 0.4) is 0 Å². The third-order valence-corrected chi connectivity index (χ3v) is 5.09. The Kier molecular flexibility index (Phi) is 10.8. The van der Waals surface area contributed by atoms with Crippen molar-refractivity contribution in [3.05, 3.63) is 72.3 Å². The summed E-state index contributed by atoms with van der Waals surface area (Å²) in [6, 6.07) is 0. The Hall–Kier alpha value is -2.58. The van der Waals surface area contributed by atoms with Crippen molar-refractivity contribution in [2.24, 2.45) is 0 Å². The predicted octanol–water partition coefficient (Wildman–Crippen LogP) is 2.34. The van der Waals surface area contributed by atoms with Gasteiger partial charge in [0.15, 0.2) is 0 Å². The molecular formula is C19H28N2O5S. The third kappa shape index (κ3) is 9.07. The normalized spacial score (nSPS) is 14.1. The van der Waals surface area contributed by atoms with Gasteiger partial charge in [-0.2, -0.15) is 0 Å². The summed E-state index contributed by atoms with van der Waals surface area (Å²) in [6.07, 6.45) is 8.74. The molecule has 0 aromatic rings. The molecule has 0 saturated heterocycles. The number of aliphatic hydroxyl groups is 2. The highest BCUT2D eigenvalue weighted by Gasteiger charge is 2.15. The van der Waals surface area contributed by atoms with Gasteiger partial charge in [0.05, 0.1) is 5.25 Å². The summed E-state index contributed by atoms with van der Waals surface area (Å²) >= 11 is 0. The van der Waals surface area contributed by atoms with Crippen LogP contribution in [0.15, 0.2) is 72.3 Å². The lowest BCUT2D eigenvalue weighted by molar-refractivity contribution is -0.119. The average Bonchev–Trinajstić information content (AvgIpc) is 2.59. The van der Waals surface area contributed by atoms with E-state index >= 15 is 0 Å². The first-order chi connectivity index (χ1) is 12.6. The first kappa shape index (κ1) is 24.4. The Balaban J connectivity index is 5.14. The number of amides is 1. The molecule has 0 aromatic carbocycles. The van der Waals surface area contributed by atoms with E-state index in [1.54, 1.807) is 20.8 Å². The molecule has 0 aromatic heterocycles. The number of sulfonamides is 1. The first-order valence-corrected chi connectivity index (χ1v) is 9.77. The molecule has 0 saturated carbocycles. The van der Waals surface area contributed by atoms with Crippen molar-refractivity contribution in [3.8, 4) is 0 Å². The Morgan fingerprint density at radius 3 is 2.26 bits per heavy atom. The fraction of sp³-hybridized carbons (Fsp3) is 0.316. The van der Waals surface area contributed by atoms with Crippen LogP contribution in [0.5, 0.6) is 0 Å². The Morgan fingerprint density at radius 1 is 1.19 bits per heavy atom. The molecule has 0 unspecified atom stereocenters. The van der Waals surface area contributed by atoms with Gasteiger partial charge in [0, 0.05) is 23.4 Å². The number of aliphatic hydroxyl groups excluding tert-OH is 2. The molecule has 0 fully saturated rings. The largest absolute Gasteiger partial charge is 0.510 e. The van der Waals surface area contributed by atoms with Gasteiger partial charge in [-0.15, -0.1) is 0 Å². The number of carbonyl (C=O) groups excluding carboxylic acids is 1. The molecule has 0 heterocycles. The summed E-state index contributed by atoms with van der Waals surface area (Å²) in [5.41, 5.74) is 0.895. The zero-order valence-corrected chi connectivity index (χ0v) is 16.7. The summed E-state index contributed by atoms with van der Waals surface area (Å²) in [7, 11) is -3.52. The number of hydrogen-bond acceptors (Lipinski definition) is 5. The predicted molar refractivity (Wildman–Crippen MR) is 108 cm³/mol. The molecular weight excluding hydrogens is 368 g/mol. The van der Waals surface area contributed by atoms with Crippen molar-refractivity contribution in [1.29, 1.82) is 0 Å². The topological polar surface area (TPSA) is 116 Å². The highest BCUT2D eigenvalue weighted by Crippen LogP contribution is 2.11. The highest BCUT2D eigenvalue weighted by atomic mass is 32.2. The van der Waals surface area contributed by atoms with Gasteiger partial charge in [0.2, 0.25) is 15.9 Å². The van der Waals surface area contributed by atoms with E-state index in [0.29, 0.717) is 11.3 Å². The van der Waals surface area contributed by atoms with E-state index in [1.165, 1.54) is 36.5 Å². The second-order valence-electron chi connectivity index (χ2n) is 5.75. The van der Waals surface area contributed by atoms with Gasteiger partial charge in [0.1, 0.15) is 12.4 Å². The molecule has 0 bridgehead atoms. The molecule has 0 atom stereocenters.